The van der Waals surface area contributed by atoms with Gasteiger partial charge < -0.3 is 19.9 Å². The number of imidazole rings is 1. The van der Waals surface area contributed by atoms with Gasteiger partial charge in [0, 0.05) is 36.6 Å². The largest absolute Gasteiger partial charge is 0.349 e. The lowest BCUT2D eigenvalue weighted by Crippen LogP contribution is -2.36. The number of rotatable bonds is 6. The van der Waals surface area contributed by atoms with Crippen molar-refractivity contribution in [3.63, 3.8) is 0 Å². The van der Waals surface area contributed by atoms with E-state index in [0.717, 1.165) is 23.4 Å². The van der Waals surface area contributed by atoms with E-state index < -0.39 is 0 Å². The first-order chi connectivity index (χ1) is 14.1. The van der Waals surface area contributed by atoms with E-state index in [2.05, 4.69) is 15.6 Å². The predicted molar refractivity (Wildman–Crippen MR) is 107 cm³/mol. The van der Waals surface area contributed by atoms with Gasteiger partial charge in [0.25, 0.3) is 5.91 Å². The Labute approximate surface area is 167 Å². The molecule has 0 atom stereocenters. The van der Waals surface area contributed by atoms with Crippen LogP contribution in [0.25, 0.3) is 5.65 Å². The molecule has 8 heteroatoms. The second-order valence-corrected chi connectivity index (χ2v) is 6.85. The van der Waals surface area contributed by atoms with Gasteiger partial charge in [-0.3, -0.25) is 14.4 Å². The summed E-state index contributed by atoms with van der Waals surface area (Å²) in [5, 5.41) is 5.35. The van der Waals surface area contributed by atoms with E-state index in [9.17, 15) is 14.4 Å². The highest BCUT2D eigenvalue weighted by Crippen LogP contribution is 2.21. The van der Waals surface area contributed by atoms with Crippen molar-refractivity contribution < 1.29 is 14.4 Å². The van der Waals surface area contributed by atoms with Crippen LogP contribution in [-0.2, 0) is 16.1 Å². The van der Waals surface area contributed by atoms with Gasteiger partial charge in [0.05, 0.1) is 18.8 Å². The number of hydrogen-bond donors (Lipinski definition) is 2. The minimum absolute atomic E-state index is 0.101. The molecule has 3 aromatic rings. The average molecular weight is 391 g/mol. The molecule has 1 fully saturated rings. The van der Waals surface area contributed by atoms with Crippen LogP contribution in [0.3, 0.4) is 0 Å². The van der Waals surface area contributed by atoms with Crippen LogP contribution < -0.4 is 15.5 Å². The summed E-state index contributed by atoms with van der Waals surface area (Å²) >= 11 is 0. The molecule has 1 aliphatic heterocycles. The van der Waals surface area contributed by atoms with E-state index in [-0.39, 0.29) is 30.8 Å². The number of hydrogen-bond acceptors (Lipinski definition) is 4. The number of aromatic nitrogens is 2. The van der Waals surface area contributed by atoms with Crippen LogP contribution in [-0.4, -0.2) is 40.2 Å². The summed E-state index contributed by atoms with van der Waals surface area (Å²) in [6, 6.07) is 12.5. The van der Waals surface area contributed by atoms with E-state index in [4.69, 9.17) is 0 Å². The quantitative estimate of drug-likeness (QED) is 0.666. The number of fused-ring (bicyclic) bond motifs is 1. The molecule has 2 N–H and O–H groups in total. The highest BCUT2D eigenvalue weighted by molar-refractivity contribution is 5.98. The molecule has 4 rings (SSSR count). The summed E-state index contributed by atoms with van der Waals surface area (Å²) in [5.41, 5.74) is 2.77. The lowest BCUT2D eigenvalue weighted by atomic mass is 10.2. The highest BCUT2D eigenvalue weighted by atomic mass is 16.2. The molecule has 1 aliphatic rings. The van der Waals surface area contributed by atoms with E-state index in [1.165, 1.54) is 0 Å². The summed E-state index contributed by atoms with van der Waals surface area (Å²) < 4.78 is 1.88. The number of nitrogens with zero attached hydrogens (tertiary/aromatic N) is 3. The van der Waals surface area contributed by atoms with E-state index in [0.29, 0.717) is 18.5 Å². The molecule has 8 nitrogen and oxygen atoms in total. The summed E-state index contributed by atoms with van der Waals surface area (Å²) in [5.74, 6) is -0.536. The van der Waals surface area contributed by atoms with Crippen LogP contribution in [0.15, 0.2) is 54.9 Å². The lowest BCUT2D eigenvalue weighted by molar-refractivity contribution is -0.120. The number of carbonyl (C=O) groups is 3. The van der Waals surface area contributed by atoms with Crippen LogP contribution in [0.2, 0.25) is 0 Å². The molecule has 1 aromatic carbocycles. The number of benzene rings is 1. The van der Waals surface area contributed by atoms with Crippen molar-refractivity contribution in [3.05, 3.63) is 66.1 Å². The van der Waals surface area contributed by atoms with Crippen molar-refractivity contribution in [2.24, 2.45) is 0 Å². The fourth-order valence-corrected chi connectivity index (χ4v) is 3.30. The fourth-order valence-electron chi connectivity index (χ4n) is 3.30. The van der Waals surface area contributed by atoms with Crippen LogP contribution in [0, 0.1) is 0 Å². The number of amides is 3. The van der Waals surface area contributed by atoms with Gasteiger partial charge in [0.15, 0.2) is 0 Å². The Morgan fingerprint density at radius 3 is 2.62 bits per heavy atom. The third-order valence-electron chi connectivity index (χ3n) is 4.80. The lowest BCUT2D eigenvalue weighted by Gasteiger charge is -2.15. The molecule has 0 spiro atoms. The van der Waals surface area contributed by atoms with E-state index in [1.807, 2.05) is 35.0 Å². The van der Waals surface area contributed by atoms with Crippen molar-refractivity contribution >= 4 is 29.1 Å². The molecule has 29 heavy (non-hydrogen) atoms. The van der Waals surface area contributed by atoms with Crippen molar-refractivity contribution in [1.82, 2.24) is 20.0 Å². The first kappa shape index (κ1) is 18.7. The smallest absolute Gasteiger partial charge is 0.251 e. The third kappa shape index (κ3) is 4.26. The minimum Gasteiger partial charge on any atom is -0.349 e. The molecule has 3 amide bonds. The topological polar surface area (TPSA) is 95.8 Å². The van der Waals surface area contributed by atoms with Gasteiger partial charge in [0.1, 0.15) is 5.65 Å². The maximum Gasteiger partial charge on any atom is 0.251 e. The number of carbonyl (C=O) groups excluding carboxylic acids is 3. The molecule has 0 unspecified atom stereocenters. The van der Waals surface area contributed by atoms with Crippen LogP contribution in [0.4, 0.5) is 5.69 Å². The average Bonchev–Trinajstić information content (AvgIpc) is 3.36. The SMILES string of the molecule is O=C(CNC(=O)c1ccc(N2CCCC2=O)cc1)NCc1cn2ccccc2n1. The highest BCUT2D eigenvalue weighted by Gasteiger charge is 2.21. The second-order valence-electron chi connectivity index (χ2n) is 6.85. The van der Waals surface area contributed by atoms with Crippen molar-refractivity contribution in [1.29, 1.82) is 0 Å². The van der Waals surface area contributed by atoms with Gasteiger partial charge in [-0.15, -0.1) is 0 Å². The Morgan fingerprint density at radius 1 is 1.07 bits per heavy atom. The van der Waals surface area contributed by atoms with Gasteiger partial charge in [-0.25, -0.2) is 4.98 Å². The molecule has 0 radical (unpaired) electrons. The molecule has 3 heterocycles. The van der Waals surface area contributed by atoms with Crippen molar-refractivity contribution in [3.8, 4) is 0 Å². The van der Waals surface area contributed by atoms with Gasteiger partial charge in [-0.2, -0.15) is 0 Å². The second kappa shape index (κ2) is 8.14. The molecular weight excluding hydrogens is 370 g/mol. The van der Waals surface area contributed by atoms with Gasteiger partial charge >= 0.3 is 0 Å². The first-order valence-electron chi connectivity index (χ1n) is 9.48. The van der Waals surface area contributed by atoms with Crippen LogP contribution in [0.1, 0.15) is 28.9 Å². The predicted octanol–water partition coefficient (Wildman–Crippen LogP) is 1.51. The summed E-state index contributed by atoms with van der Waals surface area (Å²) in [4.78, 5) is 42.2. The zero-order chi connectivity index (χ0) is 20.2. The zero-order valence-electron chi connectivity index (χ0n) is 15.8. The number of nitrogens with one attached hydrogen (secondary N) is 2. The molecule has 1 saturated heterocycles. The third-order valence-corrected chi connectivity index (χ3v) is 4.80. The van der Waals surface area contributed by atoms with Crippen LogP contribution >= 0.6 is 0 Å². The summed E-state index contributed by atoms with van der Waals surface area (Å²) in [6.07, 6.45) is 5.15. The number of anilines is 1. The normalized spacial score (nSPS) is 13.7. The molecule has 0 aliphatic carbocycles. The van der Waals surface area contributed by atoms with E-state index >= 15 is 0 Å². The summed E-state index contributed by atoms with van der Waals surface area (Å²) in [6.45, 7) is 0.865. The molecule has 0 bridgehead atoms. The fraction of sp³-hybridized carbons (Fsp3) is 0.238. The Morgan fingerprint density at radius 2 is 1.90 bits per heavy atom. The maximum absolute atomic E-state index is 12.3. The Bertz CT molecular complexity index is 1020. The van der Waals surface area contributed by atoms with Gasteiger partial charge in [-0.1, -0.05) is 6.07 Å². The van der Waals surface area contributed by atoms with Gasteiger partial charge in [0.2, 0.25) is 11.8 Å². The minimum atomic E-state index is -0.341. The molecule has 148 valence electrons. The Kier molecular flexibility index (Phi) is 5.24. The van der Waals surface area contributed by atoms with Crippen molar-refractivity contribution in [2.45, 2.75) is 19.4 Å². The molecule has 0 saturated carbocycles. The number of pyridine rings is 1. The maximum atomic E-state index is 12.3. The zero-order valence-corrected chi connectivity index (χ0v) is 15.8. The Balaban J connectivity index is 1.26. The van der Waals surface area contributed by atoms with Crippen molar-refractivity contribution in [2.75, 3.05) is 18.0 Å². The van der Waals surface area contributed by atoms with Gasteiger partial charge in [-0.05, 0) is 42.8 Å². The summed E-state index contributed by atoms with van der Waals surface area (Å²) in [7, 11) is 0. The Hall–Kier alpha value is -3.68. The van der Waals surface area contributed by atoms with Crippen LogP contribution in [0.5, 0.6) is 0 Å². The standard InChI is InChI=1S/C21H21N5O3/c27-19(22-12-16-14-25-10-2-1-4-18(25)24-16)13-23-21(29)15-6-8-17(9-7-15)26-11-3-5-20(26)28/h1-2,4,6-10,14H,3,5,11-13H2,(H,22,27)(H,23,29). The first-order valence-corrected chi connectivity index (χ1v) is 9.48. The molecular formula is C21H21N5O3. The van der Waals surface area contributed by atoms with E-state index in [1.54, 1.807) is 29.2 Å². The molecule has 2 aromatic heterocycles. The monoisotopic (exact) mass is 391 g/mol.